The minimum absolute atomic E-state index is 0.155. The van der Waals surface area contributed by atoms with Crippen LogP contribution in [0.15, 0.2) is 0 Å². The number of carbonyl (C=O) groups is 1. The van der Waals surface area contributed by atoms with Gasteiger partial charge in [-0.3, -0.25) is 4.79 Å². The average molecular weight is 144 g/mol. The van der Waals surface area contributed by atoms with Gasteiger partial charge in [0.15, 0.2) is 0 Å². The molecule has 0 saturated carbocycles. The average Bonchev–Trinajstić information content (AvgIpc) is 1.60. The van der Waals surface area contributed by atoms with E-state index in [-0.39, 0.29) is 5.92 Å². The fraction of sp³-hybridized carbons (Fsp3) is 0.714. The Morgan fingerprint density at radius 1 is 1.70 bits per heavy atom. The van der Waals surface area contributed by atoms with Crippen LogP contribution in [0, 0.1) is 12.3 Å². The first-order valence-corrected chi connectivity index (χ1v) is 3.24. The zero-order chi connectivity index (χ0) is 8.36. The smallest absolute Gasteiger partial charge is 0.249 e. The topological polar surface area (TPSA) is 63.3 Å². The number of primary amides is 1. The highest BCUT2D eigenvalue weighted by Crippen LogP contribution is 2.13. The summed E-state index contributed by atoms with van der Waals surface area (Å²) in [6.45, 7) is 5.13. The predicted octanol–water partition coefficient (Wildman–Crippen LogP) is 0.0830. The number of amides is 1. The molecule has 0 heterocycles. The second-order valence-corrected chi connectivity index (χ2v) is 2.92. The number of hydrogen-bond donors (Lipinski definition) is 2. The number of nitrogens with two attached hydrogens (primary N) is 1. The van der Waals surface area contributed by atoms with Crippen molar-refractivity contribution in [3.8, 4) is 0 Å². The SMILES string of the molecule is CC(C)[CH][C@](C)(O)C(N)=O. The second-order valence-electron chi connectivity index (χ2n) is 2.92. The summed E-state index contributed by atoms with van der Waals surface area (Å²) < 4.78 is 0. The van der Waals surface area contributed by atoms with E-state index in [4.69, 9.17) is 5.73 Å². The maximum Gasteiger partial charge on any atom is 0.249 e. The number of carbonyl (C=O) groups excluding carboxylic acids is 1. The molecule has 0 aliphatic heterocycles. The molecule has 0 rings (SSSR count). The Kier molecular flexibility index (Phi) is 2.84. The van der Waals surface area contributed by atoms with Gasteiger partial charge in [0.1, 0.15) is 5.60 Å². The van der Waals surface area contributed by atoms with Crippen LogP contribution in [0.5, 0.6) is 0 Å². The van der Waals surface area contributed by atoms with Crippen molar-refractivity contribution in [2.75, 3.05) is 0 Å². The van der Waals surface area contributed by atoms with Gasteiger partial charge in [0.05, 0.1) is 0 Å². The summed E-state index contributed by atoms with van der Waals surface area (Å²) in [5.41, 5.74) is 3.43. The van der Waals surface area contributed by atoms with Crippen LogP contribution in [0.2, 0.25) is 0 Å². The van der Waals surface area contributed by atoms with Crippen molar-refractivity contribution in [2.45, 2.75) is 26.4 Å². The minimum atomic E-state index is -1.46. The molecule has 0 fully saturated rings. The fourth-order valence-corrected chi connectivity index (χ4v) is 0.731. The molecule has 1 atom stereocenters. The number of aliphatic hydroxyl groups is 1. The molecule has 59 valence electrons. The summed E-state index contributed by atoms with van der Waals surface area (Å²) in [5.74, 6) is -0.552. The second kappa shape index (κ2) is 3.01. The van der Waals surface area contributed by atoms with Crippen LogP contribution in [0.4, 0.5) is 0 Å². The van der Waals surface area contributed by atoms with E-state index >= 15 is 0 Å². The van der Waals surface area contributed by atoms with Gasteiger partial charge in [0.25, 0.3) is 0 Å². The Labute approximate surface area is 61.2 Å². The number of rotatable bonds is 3. The zero-order valence-electron chi connectivity index (χ0n) is 6.59. The molecule has 0 aliphatic carbocycles. The monoisotopic (exact) mass is 144 g/mol. The lowest BCUT2D eigenvalue weighted by Crippen LogP contribution is -2.42. The highest BCUT2D eigenvalue weighted by molar-refractivity contribution is 5.84. The van der Waals surface area contributed by atoms with Crippen LogP contribution in [0.3, 0.4) is 0 Å². The lowest BCUT2D eigenvalue weighted by molar-refractivity contribution is -0.132. The van der Waals surface area contributed by atoms with Crippen LogP contribution in [-0.2, 0) is 4.79 Å². The molecule has 1 amide bonds. The normalized spacial score (nSPS) is 16.9. The van der Waals surface area contributed by atoms with Crippen molar-refractivity contribution in [1.29, 1.82) is 0 Å². The Bertz CT molecular complexity index is 130. The van der Waals surface area contributed by atoms with Crippen molar-refractivity contribution in [2.24, 2.45) is 11.7 Å². The van der Waals surface area contributed by atoms with Crippen LogP contribution < -0.4 is 5.73 Å². The van der Waals surface area contributed by atoms with Gasteiger partial charge in [-0.15, -0.1) is 0 Å². The first kappa shape index (κ1) is 9.43. The minimum Gasteiger partial charge on any atom is -0.380 e. The lowest BCUT2D eigenvalue weighted by atomic mass is 9.94. The predicted molar refractivity (Wildman–Crippen MR) is 39.0 cm³/mol. The highest BCUT2D eigenvalue weighted by atomic mass is 16.3. The molecule has 0 bridgehead atoms. The Morgan fingerprint density at radius 3 is 2.20 bits per heavy atom. The molecule has 0 aromatic rings. The molecule has 0 aromatic heterocycles. The summed E-state index contributed by atoms with van der Waals surface area (Å²) in [6, 6.07) is 0. The van der Waals surface area contributed by atoms with E-state index in [0.717, 1.165) is 0 Å². The Balaban J connectivity index is 4.00. The van der Waals surface area contributed by atoms with Crippen LogP contribution in [0.25, 0.3) is 0 Å². The molecule has 0 saturated heterocycles. The fourth-order valence-electron chi connectivity index (χ4n) is 0.731. The summed E-state index contributed by atoms with van der Waals surface area (Å²) in [4.78, 5) is 10.5. The van der Waals surface area contributed by atoms with E-state index in [1.54, 1.807) is 0 Å². The zero-order valence-corrected chi connectivity index (χ0v) is 6.59. The maximum atomic E-state index is 10.5. The van der Waals surface area contributed by atoms with Crippen LogP contribution in [0.1, 0.15) is 20.8 Å². The summed E-state index contributed by atoms with van der Waals surface area (Å²) in [6.07, 6.45) is 1.51. The Morgan fingerprint density at radius 2 is 2.10 bits per heavy atom. The molecular formula is C7H14NO2. The third kappa shape index (κ3) is 2.82. The van der Waals surface area contributed by atoms with Gasteiger partial charge in [0.2, 0.25) is 5.91 Å². The van der Waals surface area contributed by atoms with Gasteiger partial charge in [-0.25, -0.2) is 0 Å². The number of hydrogen-bond acceptors (Lipinski definition) is 2. The molecule has 10 heavy (non-hydrogen) atoms. The largest absolute Gasteiger partial charge is 0.380 e. The van der Waals surface area contributed by atoms with Crippen molar-refractivity contribution in [1.82, 2.24) is 0 Å². The third-order valence-electron chi connectivity index (χ3n) is 1.16. The van der Waals surface area contributed by atoms with Crippen molar-refractivity contribution in [3.63, 3.8) is 0 Å². The van der Waals surface area contributed by atoms with Crippen LogP contribution in [-0.4, -0.2) is 16.6 Å². The maximum absolute atomic E-state index is 10.5. The standard InChI is InChI=1S/C7H14NO2/c1-5(2)4-7(3,10)6(8)9/h4-5,10H,1-3H3,(H2,8,9)/t7-/m0/s1. The lowest BCUT2D eigenvalue weighted by Gasteiger charge is -2.20. The molecule has 3 nitrogen and oxygen atoms in total. The molecular weight excluding hydrogens is 130 g/mol. The van der Waals surface area contributed by atoms with Crippen molar-refractivity contribution in [3.05, 3.63) is 6.42 Å². The quantitative estimate of drug-likeness (QED) is 0.589. The molecule has 3 heteroatoms. The van der Waals surface area contributed by atoms with Gasteiger partial charge in [0, 0.05) is 6.42 Å². The molecule has 0 spiro atoms. The van der Waals surface area contributed by atoms with Gasteiger partial charge >= 0.3 is 0 Å². The molecule has 0 aliphatic rings. The van der Waals surface area contributed by atoms with Gasteiger partial charge in [-0.1, -0.05) is 13.8 Å². The van der Waals surface area contributed by atoms with E-state index in [2.05, 4.69) is 0 Å². The van der Waals surface area contributed by atoms with E-state index in [1.165, 1.54) is 13.3 Å². The molecule has 0 aromatic carbocycles. The summed E-state index contributed by atoms with van der Waals surface area (Å²) in [7, 11) is 0. The van der Waals surface area contributed by atoms with Crippen LogP contribution >= 0.6 is 0 Å². The first-order chi connectivity index (χ1) is 4.36. The van der Waals surface area contributed by atoms with E-state index < -0.39 is 11.5 Å². The third-order valence-corrected chi connectivity index (χ3v) is 1.16. The Hall–Kier alpha value is -0.570. The van der Waals surface area contributed by atoms with Crippen molar-refractivity contribution < 1.29 is 9.90 Å². The molecule has 1 radical (unpaired) electrons. The van der Waals surface area contributed by atoms with Crippen molar-refractivity contribution >= 4 is 5.91 Å². The van der Waals surface area contributed by atoms with Gasteiger partial charge in [-0.05, 0) is 12.8 Å². The van der Waals surface area contributed by atoms with E-state index in [9.17, 15) is 9.90 Å². The summed E-state index contributed by atoms with van der Waals surface area (Å²) >= 11 is 0. The summed E-state index contributed by atoms with van der Waals surface area (Å²) in [5, 5.41) is 9.23. The molecule has 0 unspecified atom stereocenters. The van der Waals surface area contributed by atoms with E-state index in [0.29, 0.717) is 0 Å². The van der Waals surface area contributed by atoms with Gasteiger partial charge < -0.3 is 10.8 Å². The highest BCUT2D eigenvalue weighted by Gasteiger charge is 2.28. The molecule has 3 N–H and O–H groups in total. The first-order valence-electron chi connectivity index (χ1n) is 3.24. The van der Waals surface area contributed by atoms with Gasteiger partial charge in [-0.2, -0.15) is 0 Å². The van der Waals surface area contributed by atoms with E-state index in [1.807, 2.05) is 13.8 Å².